The highest BCUT2D eigenvalue weighted by molar-refractivity contribution is 5.73. The van der Waals surface area contributed by atoms with E-state index in [4.69, 9.17) is 9.26 Å². The monoisotopic (exact) mass is 422 g/mol. The summed E-state index contributed by atoms with van der Waals surface area (Å²) < 4.78 is 11.0. The van der Waals surface area contributed by atoms with Crippen LogP contribution in [0.5, 0.6) is 0 Å². The Morgan fingerprint density at radius 2 is 1.93 bits per heavy atom. The zero-order valence-electron chi connectivity index (χ0n) is 19.2. The summed E-state index contributed by atoms with van der Waals surface area (Å²) in [6.45, 7) is 5.77. The van der Waals surface area contributed by atoms with Crippen LogP contribution >= 0.6 is 0 Å². The third kappa shape index (κ3) is 8.71. The molecule has 8 nitrogen and oxygen atoms in total. The van der Waals surface area contributed by atoms with E-state index in [-0.39, 0.29) is 30.9 Å². The van der Waals surface area contributed by atoms with Crippen LogP contribution in [-0.2, 0) is 16.1 Å². The third-order valence-electron chi connectivity index (χ3n) is 5.36. The Hall–Kier alpha value is -2.12. The standard InChI is InChI=1S/C22H38N4O4/c1-22(2,3)29-19(27)14-17(13-9-12-16-10-7-6-8-11-16)20-24-18(25-30-20)15-23-21(28)26(4)5/h16-17H,6-15H2,1-5H3,(H,23,28)/t17-/m1/s1. The summed E-state index contributed by atoms with van der Waals surface area (Å²) in [5.74, 6) is 1.21. The molecular formula is C22H38N4O4. The number of ether oxygens (including phenoxy) is 1. The van der Waals surface area contributed by atoms with Crippen LogP contribution < -0.4 is 5.32 Å². The fourth-order valence-electron chi connectivity index (χ4n) is 3.84. The lowest BCUT2D eigenvalue weighted by molar-refractivity contribution is -0.155. The van der Waals surface area contributed by atoms with E-state index >= 15 is 0 Å². The zero-order valence-corrected chi connectivity index (χ0v) is 19.2. The van der Waals surface area contributed by atoms with Gasteiger partial charge in [0.15, 0.2) is 5.82 Å². The van der Waals surface area contributed by atoms with Crippen molar-refractivity contribution < 1.29 is 18.8 Å². The lowest BCUT2D eigenvalue weighted by Gasteiger charge is -2.23. The van der Waals surface area contributed by atoms with Crippen LogP contribution in [0.4, 0.5) is 4.79 Å². The molecule has 170 valence electrons. The molecule has 1 aliphatic carbocycles. The van der Waals surface area contributed by atoms with Gasteiger partial charge in [-0.25, -0.2) is 4.79 Å². The summed E-state index contributed by atoms with van der Waals surface area (Å²) in [5.41, 5.74) is -0.528. The van der Waals surface area contributed by atoms with Gasteiger partial charge in [0, 0.05) is 20.0 Å². The van der Waals surface area contributed by atoms with Crippen molar-refractivity contribution in [3.8, 4) is 0 Å². The summed E-state index contributed by atoms with van der Waals surface area (Å²) in [7, 11) is 3.33. The van der Waals surface area contributed by atoms with E-state index in [0.717, 1.165) is 18.8 Å². The molecule has 0 aromatic carbocycles. The van der Waals surface area contributed by atoms with Gasteiger partial charge in [0.2, 0.25) is 5.89 Å². The van der Waals surface area contributed by atoms with Gasteiger partial charge in [0.1, 0.15) is 5.60 Å². The lowest BCUT2D eigenvalue weighted by Crippen LogP contribution is -2.34. The second-order valence-corrected chi connectivity index (χ2v) is 9.52. The van der Waals surface area contributed by atoms with Crippen LogP contribution in [0.25, 0.3) is 0 Å². The second-order valence-electron chi connectivity index (χ2n) is 9.52. The summed E-state index contributed by atoms with van der Waals surface area (Å²) in [6, 6.07) is -0.223. The Labute approximate surface area is 180 Å². The predicted molar refractivity (Wildman–Crippen MR) is 114 cm³/mol. The van der Waals surface area contributed by atoms with Gasteiger partial charge in [0.25, 0.3) is 0 Å². The van der Waals surface area contributed by atoms with Gasteiger partial charge in [-0.2, -0.15) is 4.98 Å². The van der Waals surface area contributed by atoms with Gasteiger partial charge in [-0.05, 0) is 33.1 Å². The zero-order chi connectivity index (χ0) is 22.1. The van der Waals surface area contributed by atoms with E-state index in [2.05, 4.69) is 15.5 Å². The van der Waals surface area contributed by atoms with E-state index in [1.165, 1.54) is 43.4 Å². The van der Waals surface area contributed by atoms with Crippen LogP contribution in [0.1, 0.15) is 96.2 Å². The van der Waals surface area contributed by atoms with Crippen LogP contribution in [0.2, 0.25) is 0 Å². The lowest BCUT2D eigenvalue weighted by atomic mass is 9.84. The van der Waals surface area contributed by atoms with E-state index in [1.54, 1.807) is 14.1 Å². The minimum absolute atomic E-state index is 0.172. The van der Waals surface area contributed by atoms with Crippen molar-refractivity contribution in [2.24, 2.45) is 5.92 Å². The number of nitrogens with one attached hydrogen (secondary N) is 1. The minimum Gasteiger partial charge on any atom is -0.460 e. The molecule has 1 N–H and O–H groups in total. The van der Waals surface area contributed by atoms with Gasteiger partial charge in [0.05, 0.1) is 13.0 Å². The first-order valence-corrected chi connectivity index (χ1v) is 11.1. The van der Waals surface area contributed by atoms with Crippen molar-refractivity contribution in [3.63, 3.8) is 0 Å². The number of rotatable bonds is 9. The molecule has 2 amide bonds. The SMILES string of the molecule is CN(C)C(=O)NCc1noc([C@H](CCCC2CCCCC2)CC(=O)OC(C)(C)C)n1. The first-order valence-electron chi connectivity index (χ1n) is 11.1. The van der Waals surface area contributed by atoms with Crippen LogP contribution in [-0.4, -0.2) is 46.7 Å². The maximum atomic E-state index is 12.4. The molecule has 1 atom stereocenters. The Kier molecular flexibility index (Phi) is 9.11. The number of hydrogen-bond donors (Lipinski definition) is 1. The average molecular weight is 423 g/mol. The van der Waals surface area contributed by atoms with Gasteiger partial charge in [-0.3, -0.25) is 4.79 Å². The van der Waals surface area contributed by atoms with Crippen LogP contribution in [0, 0.1) is 5.92 Å². The first-order chi connectivity index (χ1) is 14.1. The van der Waals surface area contributed by atoms with Gasteiger partial charge in [-0.1, -0.05) is 50.1 Å². The molecule has 0 aliphatic heterocycles. The number of carbonyl (C=O) groups is 2. The molecule has 1 heterocycles. The van der Waals surface area contributed by atoms with Crippen LogP contribution in [0.15, 0.2) is 4.52 Å². The van der Waals surface area contributed by atoms with Crippen molar-refractivity contribution >= 4 is 12.0 Å². The molecular weight excluding hydrogens is 384 g/mol. The number of esters is 1. The number of amides is 2. The topological polar surface area (TPSA) is 97.6 Å². The first kappa shape index (κ1) is 24.2. The third-order valence-corrected chi connectivity index (χ3v) is 5.36. The quantitative estimate of drug-likeness (QED) is 0.592. The summed E-state index contributed by atoms with van der Waals surface area (Å²) in [4.78, 5) is 30.0. The second kappa shape index (κ2) is 11.3. The highest BCUT2D eigenvalue weighted by Gasteiger charge is 2.26. The molecule has 30 heavy (non-hydrogen) atoms. The normalized spacial score (nSPS) is 16.2. The average Bonchev–Trinajstić information content (AvgIpc) is 3.13. The Bertz CT molecular complexity index is 675. The largest absolute Gasteiger partial charge is 0.460 e. The van der Waals surface area contributed by atoms with E-state index in [9.17, 15) is 9.59 Å². The maximum absolute atomic E-state index is 12.4. The van der Waals surface area contributed by atoms with E-state index in [0.29, 0.717) is 11.7 Å². The van der Waals surface area contributed by atoms with Crippen molar-refractivity contribution in [2.75, 3.05) is 14.1 Å². The molecule has 1 saturated carbocycles. The van der Waals surface area contributed by atoms with Crippen molar-refractivity contribution in [1.82, 2.24) is 20.4 Å². The summed E-state index contributed by atoms with van der Waals surface area (Å²) in [6.07, 6.45) is 9.86. The fraction of sp³-hybridized carbons (Fsp3) is 0.818. The van der Waals surface area contributed by atoms with Crippen LogP contribution in [0.3, 0.4) is 0 Å². The number of hydrogen-bond acceptors (Lipinski definition) is 6. The highest BCUT2D eigenvalue weighted by atomic mass is 16.6. The molecule has 1 aliphatic rings. The smallest absolute Gasteiger partial charge is 0.317 e. The number of nitrogens with zero attached hydrogens (tertiary/aromatic N) is 3. The van der Waals surface area contributed by atoms with E-state index in [1.807, 2.05) is 20.8 Å². The molecule has 8 heteroatoms. The molecule has 0 unspecified atom stereocenters. The molecule has 1 aromatic rings. The highest BCUT2D eigenvalue weighted by Crippen LogP contribution is 2.31. The van der Waals surface area contributed by atoms with E-state index < -0.39 is 5.60 Å². The predicted octanol–water partition coefficient (Wildman–Crippen LogP) is 4.41. The molecule has 1 fully saturated rings. The number of aromatic nitrogens is 2. The van der Waals surface area contributed by atoms with Crippen molar-refractivity contribution in [2.45, 2.75) is 96.6 Å². The summed E-state index contributed by atoms with van der Waals surface area (Å²) in [5, 5.41) is 6.70. The number of urea groups is 1. The molecule has 0 radical (unpaired) electrons. The minimum atomic E-state index is -0.528. The van der Waals surface area contributed by atoms with Gasteiger partial charge in [-0.15, -0.1) is 0 Å². The molecule has 0 bridgehead atoms. The van der Waals surface area contributed by atoms with Gasteiger partial charge >= 0.3 is 12.0 Å². The van der Waals surface area contributed by atoms with Crippen molar-refractivity contribution in [3.05, 3.63) is 11.7 Å². The Morgan fingerprint density at radius 3 is 2.57 bits per heavy atom. The molecule has 2 rings (SSSR count). The van der Waals surface area contributed by atoms with Crippen molar-refractivity contribution in [1.29, 1.82) is 0 Å². The fourth-order valence-corrected chi connectivity index (χ4v) is 3.84. The molecule has 0 saturated heterocycles. The molecule has 0 spiro atoms. The Balaban J connectivity index is 1.97. The summed E-state index contributed by atoms with van der Waals surface area (Å²) >= 11 is 0. The van der Waals surface area contributed by atoms with Gasteiger partial charge < -0.3 is 19.5 Å². The Morgan fingerprint density at radius 1 is 1.23 bits per heavy atom. The maximum Gasteiger partial charge on any atom is 0.317 e. The number of carbonyl (C=O) groups excluding carboxylic acids is 2. The molecule has 1 aromatic heterocycles.